The molecule has 0 aromatic heterocycles. The van der Waals surface area contributed by atoms with Gasteiger partial charge in [0, 0.05) is 10.7 Å². The fourth-order valence-corrected chi connectivity index (χ4v) is 5.07. The largest absolute Gasteiger partial charge is 0.324 e. The average Bonchev–Trinajstić information content (AvgIpc) is 2.71. The number of hydrogen-bond donors (Lipinski definition) is 1. The van der Waals surface area contributed by atoms with Gasteiger partial charge in [-0.3, -0.25) is 9.10 Å². The number of anilines is 2. The predicted molar refractivity (Wildman–Crippen MR) is 126 cm³/mol. The summed E-state index contributed by atoms with van der Waals surface area (Å²) in [7, 11) is -3.98. The van der Waals surface area contributed by atoms with Crippen LogP contribution in [0.2, 0.25) is 5.02 Å². The molecule has 0 spiro atoms. The van der Waals surface area contributed by atoms with Gasteiger partial charge in [-0.05, 0) is 68.7 Å². The molecule has 0 radical (unpaired) electrons. The van der Waals surface area contributed by atoms with Crippen LogP contribution in [0, 0.1) is 27.7 Å². The molecular weight excluding hydrogens is 432 g/mol. The Morgan fingerprint density at radius 2 is 1.52 bits per heavy atom. The standard InChI is InChI=1S/C24H25ClN2O3S/c1-16-12-18(3)24(19(4)13-16)26-23(28)15-27(20-11-10-17(2)22(25)14-20)31(29,30)21-8-6-5-7-9-21/h5-14H,15H2,1-4H3,(H,26,28). The van der Waals surface area contributed by atoms with Gasteiger partial charge in [-0.2, -0.15) is 0 Å². The normalized spacial score (nSPS) is 11.3. The summed E-state index contributed by atoms with van der Waals surface area (Å²) in [4.78, 5) is 13.1. The lowest BCUT2D eigenvalue weighted by Gasteiger charge is -2.25. The van der Waals surface area contributed by atoms with Gasteiger partial charge in [-0.15, -0.1) is 0 Å². The van der Waals surface area contributed by atoms with Crippen LogP contribution in [0.1, 0.15) is 22.3 Å². The summed E-state index contributed by atoms with van der Waals surface area (Å²) in [6, 6.07) is 16.9. The number of carbonyl (C=O) groups is 1. The van der Waals surface area contributed by atoms with Crippen molar-refractivity contribution in [3.05, 3.63) is 87.9 Å². The van der Waals surface area contributed by atoms with Crippen molar-refractivity contribution >= 4 is 38.9 Å². The summed E-state index contributed by atoms with van der Waals surface area (Å²) in [6.07, 6.45) is 0. The molecule has 0 aliphatic heterocycles. The van der Waals surface area contributed by atoms with Crippen LogP contribution in [-0.4, -0.2) is 20.9 Å². The van der Waals surface area contributed by atoms with Crippen molar-refractivity contribution in [3.63, 3.8) is 0 Å². The van der Waals surface area contributed by atoms with Gasteiger partial charge in [0.1, 0.15) is 6.54 Å². The van der Waals surface area contributed by atoms with Gasteiger partial charge in [0.2, 0.25) is 5.91 Å². The van der Waals surface area contributed by atoms with Crippen molar-refractivity contribution in [2.75, 3.05) is 16.2 Å². The lowest BCUT2D eigenvalue weighted by atomic mass is 10.1. The zero-order valence-corrected chi connectivity index (χ0v) is 19.5. The Hall–Kier alpha value is -2.83. The van der Waals surface area contributed by atoms with Crippen LogP contribution in [0.5, 0.6) is 0 Å². The number of rotatable bonds is 6. The Labute approximate surface area is 188 Å². The van der Waals surface area contributed by atoms with Gasteiger partial charge in [-0.1, -0.05) is 53.6 Å². The SMILES string of the molecule is Cc1cc(C)c(NC(=O)CN(c2ccc(C)c(Cl)c2)S(=O)(=O)c2ccccc2)c(C)c1. The Morgan fingerprint density at radius 3 is 2.10 bits per heavy atom. The van der Waals surface area contributed by atoms with E-state index in [9.17, 15) is 13.2 Å². The Kier molecular flexibility index (Phi) is 6.72. The molecule has 0 bridgehead atoms. The molecule has 162 valence electrons. The molecule has 31 heavy (non-hydrogen) atoms. The van der Waals surface area contributed by atoms with E-state index in [4.69, 9.17) is 11.6 Å². The van der Waals surface area contributed by atoms with Gasteiger partial charge in [0.15, 0.2) is 0 Å². The second-order valence-corrected chi connectivity index (χ2v) is 9.85. The van der Waals surface area contributed by atoms with Gasteiger partial charge in [0.05, 0.1) is 10.6 Å². The van der Waals surface area contributed by atoms with E-state index in [1.807, 2.05) is 39.8 Å². The third kappa shape index (κ3) is 5.09. The summed E-state index contributed by atoms with van der Waals surface area (Å²) in [6.45, 7) is 7.25. The first-order valence-electron chi connectivity index (χ1n) is 9.81. The van der Waals surface area contributed by atoms with E-state index < -0.39 is 15.9 Å². The molecule has 0 atom stereocenters. The molecule has 0 aliphatic carbocycles. The van der Waals surface area contributed by atoms with Crippen LogP contribution in [0.3, 0.4) is 0 Å². The number of sulfonamides is 1. The molecule has 0 saturated heterocycles. The summed E-state index contributed by atoms with van der Waals surface area (Å²) >= 11 is 6.25. The highest BCUT2D eigenvalue weighted by atomic mass is 35.5. The van der Waals surface area contributed by atoms with Crippen LogP contribution in [0.4, 0.5) is 11.4 Å². The second-order valence-electron chi connectivity index (χ2n) is 7.58. The number of nitrogens with zero attached hydrogens (tertiary/aromatic N) is 1. The minimum Gasteiger partial charge on any atom is -0.324 e. The topological polar surface area (TPSA) is 66.5 Å². The third-order valence-corrected chi connectivity index (χ3v) is 7.20. The van der Waals surface area contributed by atoms with Gasteiger partial charge >= 0.3 is 0 Å². The molecule has 3 aromatic carbocycles. The zero-order valence-electron chi connectivity index (χ0n) is 17.9. The molecule has 1 N–H and O–H groups in total. The minimum absolute atomic E-state index is 0.0993. The van der Waals surface area contributed by atoms with Gasteiger partial charge in [0.25, 0.3) is 10.0 Å². The first-order valence-corrected chi connectivity index (χ1v) is 11.6. The monoisotopic (exact) mass is 456 g/mol. The van der Waals surface area contributed by atoms with E-state index >= 15 is 0 Å². The summed E-state index contributed by atoms with van der Waals surface area (Å²) < 4.78 is 27.9. The van der Waals surface area contributed by atoms with Crippen LogP contribution < -0.4 is 9.62 Å². The molecule has 0 aliphatic rings. The van der Waals surface area contributed by atoms with E-state index in [-0.39, 0.29) is 11.4 Å². The van der Waals surface area contributed by atoms with Crippen LogP contribution in [0.25, 0.3) is 0 Å². The molecule has 7 heteroatoms. The lowest BCUT2D eigenvalue weighted by Crippen LogP contribution is -2.38. The van der Waals surface area contributed by atoms with Crippen molar-refractivity contribution in [2.24, 2.45) is 0 Å². The van der Waals surface area contributed by atoms with E-state index in [0.717, 1.165) is 26.6 Å². The summed E-state index contributed by atoms with van der Waals surface area (Å²) in [5, 5.41) is 3.30. The van der Waals surface area contributed by atoms with E-state index in [2.05, 4.69) is 5.32 Å². The van der Waals surface area contributed by atoms with Crippen molar-refractivity contribution in [1.29, 1.82) is 0 Å². The smallest absolute Gasteiger partial charge is 0.264 e. The molecule has 3 aromatic rings. The lowest BCUT2D eigenvalue weighted by molar-refractivity contribution is -0.114. The van der Waals surface area contributed by atoms with E-state index in [0.29, 0.717) is 16.4 Å². The van der Waals surface area contributed by atoms with Crippen LogP contribution in [-0.2, 0) is 14.8 Å². The predicted octanol–water partition coefficient (Wildman–Crippen LogP) is 5.41. The molecule has 3 rings (SSSR count). The van der Waals surface area contributed by atoms with Crippen LogP contribution in [0.15, 0.2) is 65.6 Å². The Bertz CT molecular complexity index is 1200. The fourth-order valence-electron chi connectivity index (χ4n) is 3.46. The quantitative estimate of drug-likeness (QED) is 0.539. The number of carbonyl (C=O) groups excluding carboxylic acids is 1. The summed E-state index contributed by atoms with van der Waals surface area (Å²) in [5.74, 6) is -0.439. The molecule has 0 unspecified atom stereocenters. The number of benzene rings is 3. The highest BCUT2D eigenvalue weighted by Crippen LogP contribution is 2.28. The maximum atomic E-state index is 13.4. The first-order chi connectivity index (χ1) is 14.6. The Morgan fingerprint density at radius 1 is 0.903 bits per heavy atom. The first kappa shape index (κ1) is 22.8. The van der Waals surface area contributed by atoms with Crippen molar-refractivity contribution < 1.29 is 13.2 Å². The number of amides is 1. The minimum atomic E-state index is -3.98. The highest BCUT2D eigenvalue weighted by molar-refractivity contribution is 7.92. The third-order valence-electron chi connectivity index (χ3n) is 5.00. The second kappa shape index (κ2) is 9.12. The van der Waals surface area contributed by atoms with Crippen molar-refractivity contribution in [3.8, 4) is 0 Å². The van der Waals surface area contributed by atoms with E-state index in [1.165, 1.54) is 12.1 Å². The molecule has 5 nitrogen and oxygen atoms in total. The number of aryl methyl sites for hydroxylation is 4. The fraction of sp³-hybridized carbons (Fsp3) is 0.208. The van der Waals surface area contributed by atoms with E-state index in [1.54, 1.807) is 36.4 Å². The molecule has 0 heterocycles. The number of nitrogens with one attached hydrogen (secondary N) is 1. The molecular formula is C24H25ClN2O3S. The van der Waals surface area contributed by atoms with Crippen molar-refractivity contribution in [1.82, 2.24) is 0 Å². The molecule has 0 fully saturated rings. The Balaban J connectivity index is 1.99. The van der Waals surface area contributed by atoms with Gasteiger partial charge < -0.3 is 5.32 Å². The maximum Gasteiger partial charge on any atom is 0.264 e. The average molecular weight is 457 g/mol. The van der Waals surface area contributed by atoms with Gasteiger partial charge in [-0.25, -0.2) is 8.42 Å². The highest BCUT2D eigenvalue weighted by Gasteiger charge is 2.27. The number of hydrogen-bond acceptors (Lipinski definition) is 3. The maximum absolute atomic E-state index is 13.4. The van der Waals surface area contributed by atoms with Crippen molar-refractivity contribution in [2.45, 2.75) is 32.6 Å². The number of halogens is 1. The summed E-state index contributed by atoms with van der Waals surface area (Å²) in [5.41, 5.74) is 4.76. The zero-order chi connectivity index (χ0) is 22.8. The van der Waals surface area contributed by atoms with Crippen LogP contribution >= 0.6 is 11.6 Å². The molecule has 0 saturated carbocycles. The molecule has 1 amide bonds.